The molecule has 1 saturated heterocycles. The molecule has 0 unspecified atom stereocenters. The number of hydrogen-bond donors (Lipinski definition) is 0. The zero-order chi connectivity index (χ0) is 17.0. The number of ether oxygens (including phenoxy) is 2. The molecule has 0 atom stereocenters. The summed E-state index contributed by atoms with van der Waals surface area (Å²) in [6.07, 6.45) is 1.89. The largest absolute Gasteiger partial charge is 0.352 e. The average molecular weight is 349 g/mol. The second-order valence-corrected chi connectivity index (χ2v) is 7.37. The average Bonchev–Trinajstić information content (AvgIpc) is 3.05. The molecule has 0 radical (unpaired) electrons. The van der Waals surface area contributed by atoms with Crippen molar-refractivity contribution in [3.05, 3.63) is 54.4 Å². The van der Waals surface area contributed by atoms with Crippen molar-refractivity contribution in [2.75, 3.05) is 13.2 Å². The van der Waals surface area contributed by atoms with Crippen molar-refractivity contribution in [1.82, 2.24) is 3.97 Å². The van der Waals surface area contributed by atoms with Crippen molar-refractivity contribution >= 4 is 15.8 Å². The summed E-state index contributed by atoms with van der Waals surface area (Å²) in [6.45, 7) is 1.16. The van der Waals surface area contributed by atoms with Gasteiger partial charge in [-0.3, -0.25) is 4.79 Å². The molecule has 1 aromatic carbocycles. The summed E-state index contributed by atoms with van der Waals surface area (Å²) in [5.41, 5.74) is 0.430. The van der Waals surface area contributed by atoms with Crippen LogP contribution in [-0.2, 0) is 30.7 Å². The number of rotatable bonds is 6. The number of carbonyl (C=O) groups excluding carboxylic acids is 1. The highest BCUT2D eigenvalue weighted by molar-refractivity contribution is 7.90. The molecule has 1 aliphatic heterocycles. The van der Waals surface area contributed by atoms with E-state index in [4.69, 9.17) is 9.47 Å². The number of Topliss-reactive ketones (excluding diaryl/α,β-unsaturated/α-hetero) is 1. The maximum Gasteiger partial charge on any atom is 0.267 e. The zero-order valence-corrected chi connectivity index (χ0v) is 13.9. The Morgan fingerprint density at radius 3 is 2.50 bits per heavy atom. The van der Waals surface area contributed by atoms with E-state index in [1.54, 1.807) is 30.3 Å². The Morgan fingerprint density at radius 2 is 1.79 bits per heavy atom. The van der Waals surface area contributed by atoms with Crippen LogP contribution in [0.25, 0.3) is 0 Å². The second kappa shape index (κ2) is 7.29. The molecular weight excluding hydrogens is 330 g/mol. The van der Waals surface area contributed by atoms with Crippen molar-refractivity contribution in [2.24, 2.45) is 0 Å². The number of benzene rings is 1. The Bertz CT molecular complexity index is 791. The van der Waals surface area contributed by atoms with Crippen molar-refractivity contribution < 1.29 is 22.7 Å². The lowest BCUT2D eigenvalue weighted by atomic mass is 10.1. The van der Waals surface area contributed by atoms with E-state index in [0.29, 0.717) is 18.9 Å². The fourth-order valence-electron chi connectivity index (χ4n) is 2.59. The molecule has 1 fully saturated rings. The minimum Gasteiger partial charge on any atom is -0.352 e. The first-order chi connectivity index (χ1) is 11.6. The summed E-state index contributed by atoms with van der Waals surface area (Å²) in [5, 5.41) is 0. The predicted octanol–water partition coefficient (Wildman–Crippen LogP) is 1.99. The van der Waals surface area contributed by atoms with E-state index in [0.717, 1.165) is 10.4 Å². The lowest BCUT2D eigenvalue weighted by Crippen LogP contribution is -2.28. The third-order valence-electron chi connectivity index (χ3n) is 3.76. The number of ketones is 1. The Morgan fingerprint density at radius 1 is 1.08 bits per heavy atom. The van der Waals surface area contributed by atoms with Gasteiger partial charge in [0, 0.05) is 18.3 Å². The van der Waals surface area contributed by atoms with Crippen molar-refractivity contribution in [2.45, 2.75) is 30.4 Å². The standard InChI is InChI=1S/C17H19NO5S/c19-15(13-17-22-10-5-11-23-17)12-14-6-4-9-18(14)24(20,21)16-7-2-1-3-8-16/h1-4,6-9,17H,5,10-13H2. The van der Waals surface area contributed by atoms with Crippen LogP contribution in [0.15, 0.2) is 53.6 Å². The minimum atomic E-state index is -3.70. The molecule has 1 aromatic heterocycles. The molecule has 0 N–H and O–H groups in total. The van der Waals surface area contributed by atoms with Crippen LogP contribution in [0, 0.1) is 0 Å². The Labute approximate surface area is 141 Å². The smallest absolute Gasteiger partial charge is 0.267 e. The third-order valence-corrected chi connectivity index (χ3v) is 5.50. The van der Waals surface area contributed by atoms with Crippen LogP contribution in [0.3, 0.4) is 0 Å². The molecule has 1 aliphatic rings. The van der Waals surface area contributed by atoms with Gasteiger partial charge in [0.1, 0.15) is 5.78 Å². The van der Waals surface area contributed by atoms with Crippen LogP contribution in [0.4, 0.5) is 0 Å². The fourth-order valence-corrected chi connectivity index (χ4v) is 3.99. The topological polar surface area (TPSA) is 74.6 Å². The van der Waals surface area contributed by atoms with Crippen LogP contribution in [0.5, 0.6) is 0 Å². The van der Waals surface area contributed by atoms with Gasteiger partial charge in [-0.1, -0.05) is 18.2 Å². The number of hydrogen-bond acceptors (Lipinski definition) is 5. The van der Waals surface area contributed by atoms with Gasteiger partial charge in [-0.2, -0.15) is 0 Å². The number of aromatic nitrogens is 1. The van der Waals surface area contributed by atoms with Crippen LogP contribution in [0.2, 0.25) is 0 Å². The van der Waals surface area contributed by atoms with Gasteiger partial charge < -0.3 is 9.47 Å². The molecule has 128 valence electrons. The maximum absolute atomic E-state index is 12.7. The van der Waals surface area contributed by atoms with Crippen molar-refractivity contribution in [1.29, 1.82) is 0 Å². The molecule has 6 nitrogen and oxygen atoms in total. The van der Waals surface area contributed by atoms with E-state index in [-0.39, 0.29) is 23.5 Å². The lowest BCUT2D eigenvalue weighted by Gasteiger charge is -2.22. The molecule has 24 heavy (non-hydrogen) atoms. The minimum absolute atomic E-state index is 0.0162. The highest BCUT2D eigenvalue weighted by atomic mass is 32.2. The van der Waals surface area contributed by atoms with E-state index in [9.17, 15) is 13.2 Å². The normalized spacial score (nSPS) is 16.2. The number of carbonyl (C=O) groups is 1. The molecule has 0 bridgehead atoms. The monoisotopic (exact) mass is 349 g/mol. The molecule has 3 rings (SSSR count). The van der Waals surface area contributed by atoms with E-state index in [2.05, 4.69) is 0 Å². The van der Waals surface area contributed by atoms with Gasteiger partial charge in [0.05, 0.1) is 24.5 Å². The summed E-state index contributed by atoms with van der Waals surface area (Å²) in [4.78, 5) is 12.4. The highest BCUT2D eigenvalue weighted by Crippen LogP contribution is 2.18. The SMILES string of the molecule is O=C(Cc1cccn1S(=O)(=O)c1ccccc1)CC1OCCCO1. The van der Waals surface area contributed by atoms with E-state index in [1.807, 2.05) is 0 Å². The summed E-state index contributed by atoms with van der Waals surface area (Å²) in [7, 11) is -3.70. The first-order valence-electron chi connectivity index (χ1n) is 7.79. The molecular formula is C17H19NO5S. The van der Waals surface area contributed by atoms with Gasteiger partial charge >= 0.3 is 0 Å². The lowest BCUT2D eigenvalue weighted by molar-refractivity contribution is -0.183. The summed E-state index contributed by atoms with van der Waals surface area (Å²) < 4.78 is 37.3. The highest BCUT2D eigenvalue weighted by Gasteiger charge is 2.22. The van der Waals surface area contributed by atoms with Crippen LogP contribution in [-0.4, -0.2) is 37.7 Å². The van der Waals surface area contributed by atoms with Crippen molar-refractivity contribution in [3.8, 4) is 0 Å². The first-order valence-corrected chi connectivity index (χ1v) is 9.23. The predicted molar refractivity (Wildman–Crippen MR) is 87.1 cm³/mol. The fraction of sp³-hybridized carbons (Fsp3) is 0.353. The molecule has 7 heteroatoms. The van der Waals surface area contributed by atoms with E-state index in [1.165, 1.54) is 18.3 Å². The Hall–Kier alpha value is -1.96. The molecule has 0 amide bonds. The van der Waals surface area contributed by atoms with Gasteiger partial charge in [-0.15, -0.1) is 0 Å². The summed E-state index contributed by atoms with van der Waals surface area (Å²) in [5.74, 6) is -0.120. The van der Waals surface area contributed by atoms with E-state index >= 15 is 0 Å². The Kier molecular flexibility index (Phi) is 5.13. The quantitative estimate of drug-likeness (QED) is 0.797. The maximum atomic E-state index is 12.7. The molecule has 0 spiro atoms. The summed E-state index contributed by atoms with van der Waals surface area (Å²) in [6, 6.07) is 11.4. The van der Waals surface area contributed by atoms with Crippen LogP contribution < -0.4 is 0 Å². The zero-order valence-electron chi connectivity index (χ0n) is 13.1. The molecule has 2 heterocycles. The third kappa shape index (κ3) is 3.75. The van der Waals surface area contributed by atoms with Gasteiger partial charge in [0.25, 0.3) is 10.0 Å². The van der Waals surface area contributed by atoms with Crippen LogP contribution >= 0.6 is 0 Å². The number of nitrogens with zero attached hydrogens (tertiary/aromatic N) is 1. The Balaban J connectivity index is 1.74. The van der Waals surface area contributed by atoms with Gasteiger partial charge in [-0.05, 0) is 30.7 Å². The molecule has 2 aromatic rings. The van der Waals surface area contributed by atoms with Crippen LogP contribution in [0.1, 0.15) is 18.5 Å². The second-order valence-electron chi connectivity index (χ2n) is 5.56. The molecule has 0 aliphatic carbocycles. The van der Waals surface area contributed by atoms with Gasteiger partial charge in [0.2, 0.25) is 0 Å². The van der Waals surface area contributed by atoms with Gasteiger partial charge in [0.15, 0.2) is 6.29 Å². The molecule has 0 saturated carbocycles. The summed E-state index contributed by atoms with van der Waals surface area (Å²) >= 11 is 0. The first kappa shape index (κ1) is 16.9. The van der Waals surface area contributed by atoms with E-state index < -0.39 is 16.3 Å². The van der Waals surface area contributed by atoms with Crippen molar-refractivity contribution in [3.63, 3.8) is 0 Å². The van der Waals surface area contributed by atoms with Gasteiger partial charge in [-0.25, -0.2) is 12.4 Å².